The molecule has 2 rings (SSSR count). The molecule has 0 saturated carbocycles. The molecule has 0 aliphatic rings. The van der Waals surface area contributed by atoms with Crippen LogP contribution in [-0.4, -0.2) is 28.0 Å². The van der Waals surface area contributed by atoms with E-state index in [0.717, 1.165) is 11.0 Å². The van der Waals surface area contributed by atoms with Gasteiger partial charge in [-0.1, -0.05) is 12.1 Å². The Morgan fingerprint density at radius 2 is 2.21 bits per heavy atom. The maximum Gasteiger partial charge on any atom is 0.266 e. The van der Waals surface area contributed by atoms with Crippen LogP contribution >= 0.6 is 0 Å². The van der Waals surface area contributed by atoms with Crippen molar-refractivity contribution in [3.8, 4) is 0 Å². The Balaban J connectivity index is 2.08. The summed E-state index contributed by atoms with van der Waals surface area (Å²) in [6, 6.07) is 6.96. The molecule has 1 aromatic heterocycles. The molecule has 0 aliphatic carbocycles. The second-order valence-corrected chi connectivity index (χ2v) is 4.04. The summed E-state index contributed by atoms with van der Waals surface area (Å²) in [5.41, 5.74) is 8.72. The summed E-state index contributed by atoms with van der Waals surface area (Å²) in [4.78, 5) is 31.2. The van der Waals surface area contributed by atoms with E-state index in [1.165, 1.54) is 0 Å². The molecule has 1 heterocycles. The van der Waals surface area contributed by atoms with Crippen LogP contribution in [0.5, 0.6) is 0 Å². The molecular weight excluding hydrogens is 248 g/mol. The number of benzene rings is 1. The third kappa shape index (κ3) is 2.89. The van der Waals surface area contributed by atoms with E-state index in [1.807, 2.05) is 24.3 Å². The van der Waals surface area contributed by atoms with Crippen molar-refractivity contribution >= 4 is 22.8 Å². The second kappa shape index (κ2) is 5.49. The van der Waals surface area contributed by atoms with Crippen LogP contribution < -0.4 is 11.2 Å². The molecule has 0 spiro atoms. The molecule has 19 heavy (non-hydrogen) atoms. The number of nitrogens with zero attached hydrogens (tertiary/aromatic N) is 2. The highest BCUT2D eigenvalue weighted by Gasteiger charge is 2.17. The van der Waals surface area contributed by atoms with E-state index in [-0.39, 0.29) is 12.5 Å². The van der Waals surface area contributed by atoms with Crippen LogP contribution in [-0.2, 0) is 14.4 Å². The van der Waals surface area contributed by atoms with Gasteiger partial charge < -0.3 is 10.3 Å². The number of nitrogens with one attached hydrogen (secondary N) is 1. The first-order valence-electron chi connectivity index (χ1n) is 5.71. The van der Waals surface area contributed by atoms with Crippen LogP contribution in [0.3, 0.4) is 0 Å². The van der Waals surface area contributed by atoms with E-state index >= 15 is 0 Å². The Labute approximate surface area is 109 Å². The average Bonchev–Trinajstić information content (AvgIpc) is 2.81. The zero-order valence-electron chi connectivity index (χ0n) is 10.4. The van der Waals surface area contributed by atoms with Gasteiger partial charge in [-0.05, 0) is 19.1 Å². The van der Waals surface area contributed by atoms with E-state index < -0.39 is 11.9 Å². The molecule has 100 valence electrons. The average molecular weight is 262 g/mol. The highest BCUT2D eigenvalue weighted by Crippen LogP contribution is 2.17. The number of hydrogen-bond acceptors (Lipinski definition) is 4. The van der Waals surface area contributed by atoms with Crippen molar-refractivity contribution in [2.24, 2.45) is 5.73 Å². The van der Waals surface area contributed by atoms with Crippen LogP contribution in [0.1, 0.15) is 13.0 Å². The quantitative estimate of drug-likeness (QED) is 0.748. The molecule has 2 aromatic rings. The number of hydroxylamine groups is 1. The summed E-state index contributed by atoms with van der Waals surface area (Å²) in [5, 5.41) is 0. The summed E-state index contributed by atoms with van der Waals surface area (Å²) >= 11 is 0. The topological polar surface area (TPSA) is 99.2 Å². The fraction of sp³-hybridized carbons (Fsp3) is 0.250. The number of para-hydroxylation sites is 2. The Morgan fingerprint density at radius 1 is 1.47 bits per heavy atom. The maximum atomic E-state index is 11.8. The molecule has 7 nitrogen and oxygen atoms in total. The molecule has 2 amide bonds. The van der Waals surface area contributed by atoms with Gasteiger partial charge in [-0.15, -0.1) is 0 Å². The lowest BCUT2D eigenvalue weighted by atomic mass is 10.2. The second-order valence-electron chi connectivity index (χ2n) is 4.04. The zero-order chi connectivity index (χ0) is 13.8. The standard InChI is InChI=1S/C12H14N4O3/c1-8(12(18)15-19-6-11(13)17)16-7-14-9-4-2-3-5-10(9)16/h2-5,7-8H,6H2,1H3,(H2,13,17)(H,15,18). The maximum absolute atomic E-state index is 11.8. The van der Waals surface area contributed by atoms with Gasteiger partial charge >= 0.3 is 0 Å². The molecule has 0 bridgehead atoms. The fourth-order valence-corrected chi connectivity index (χ4v) is 1.68. The number of fused-ring (bicyclic) bond motifs is 1. The van der Waals surface area contributed by atoms with Crippen molar-refractivity contribution < 1.29 is 14.4 Å². The molecule has 0 radical (unpaired) electrons. The number of carbonyl (C=O) groups is 2. The minimum Gasteiger partial charge on any atom is -0.368 e. The molecular formula is C12H14N4O3. The summed E-state index contributed by atoms with van der Waals surface area (Å²) in [5.74, 6) is -1.04. The molecule has 1 aromatic carbocycles. The zero-order valence-corrected chi connectivity index (χ0v) is 10.4. The van der Waals surface area contributed by atoms with Gasteiger partial charge in [-0.25, -0.2) is 10.5 Å². The van der Waals surface area contributed by atoms with E-state index in [4.69, 9.17) is 5.73 Å². The number of primary amides is 1. The van der Waals surface area contributed by atoms with Crippen LogP contribution in [0.4, 0.5) is 0 Å². The van der Waals surface area contributed by atoms with Crippen LogP contribution in [0, 0.1) is 0 Å². The lowest BCUT2D eigenvalue weighted by molar-refractivity contribution is -0.140. The van der Waals surface area contributed by atoms with Crippen molar-refractivity contribution in [1.82, 2.24) is 15.0 Å². The number of amides is 2. The minimum atomic E-state index is -0.652. The number of nitrogens with two attached hydrogens (primary N) is 1. The van der Waals surface area contributed by atoms with Crippen molar-refractivity contribution in [2.45, 2.75) is 13.0 Å². The molecule has 1 atom stereocenters. The third-order valence-corrected chi connectivity index (χ3v) is 2.67. The largest absolute Gasteiger partial charge is 0.368 e. The summed E-state index contributed by atoms with van der Waals surface area (Å²) in [7, 11) is 0. The first-order valence-corrected chi connectivity index (χ1v) is 5.71. The molecule has 0 saturated heterocycles. The van der Waals surface area contributed by atoms with Crippen LogP contribution in [0.15, 0.2) is 30.6 Å². The number of imidazole rings is 1. The van der Waals surface area contributed by atoms with Gasteiger partial charge in [-0.2, -0.15) is 0 Å². The predicted molar refractivity (Wildman–Crippen MR) is 67.7 cm³/mol. The first-order chi connectivity index (χ1) is 9.09. The van der Waals surface area contributed by atoms with Gasteiger partial charge in [-0.3, -0.25) is 14.4 Å². The lowest BCUT2D eigenvalue weighted by Gasteiger charge is -2.13. The third-order valence-electron chi connectivity index (χ3n) is 2.67. The smallest absolute Gasteiger partial charge is 0.266 e. The van der Waals surface area contributed by atoms with E-state index in [0.29, 0.717) is 0 Å². The number of rotatable bonds is 5. The predicted octanol–water partition coefficient (Wildman–Crippen LogP) is 0.130. The van der Waals surface area contributed by atoms with Crippen molar-refractivity contribution in [2.75, 3.05) is 6.61 Å². The minimum absolute atomic E-state index is 0.358. The number of carbonyl (C=O) groups excluding carboxylic acids is 2. The molecule has 0 aliphatic heterocycles. The molecule has 3 N–H and O–H groups in total. The Kier molecular flexibility index (Phi) is 3.76. The Morgan fingerprint density at radius 3 is 2.95 bits per heavy atom. The van der Waals surface area contributed by atoms with E-state index in [1.54, 1.807) is 17.8 Å². The Bertz CT molecular complexity index is 608. The van der Waals surface area contributed by atoms with Crippen molar-refractivity contribution in [1.29, 1.82) is 0 Å². The van der Waals surface area contributed by atoms with E-state index in [2.05, 4.69) is 15.3 Å². The molecule has 1 unspecified atom stereocenters. The lowest BCUT2D eigenvalue weighted by Crippen LogP contribution is -2.33. The summed E-state index contributed by atoms with van der Waals surface area (Å²) in [6.45, 7) is 1.35. The summed E-state index contributed by atoms with van der Waals surface area (Å²) in [6.07, 6.45) is 1.59. The van der Waals surface area contributed by atoms with Crippen LogP contribution in [0.25, 0.3) is 11.0 Å². The van der Waals surface area contributed by atoms with Gasteiger partial charge in [0.25, 0.3) is 5.91 Å². The van der Waals surface area contributed by atoms with Gasteiger partial charge in [0.05, 0.1) is 17.4 Å². The number of hydrogen-bond donors (Lipinski definition) is 2. The molecule has 7 heteroatoms. The SMILES string of the molecule is CC(C(=O)NOCC(N)=O)n1cnc2ccccc21. The van der Waals surface area contributed by atoms with Gasteiger partial charge in [0, 0.05) is 0 Å². The fourth-order valence-electron chi connectivity index (χ4n) is 1.68. The van der Waals surface area contributed by atoms with Gasteiger partial charge in [0.2, 0.25) is 5.91 Å². The van der Waals surface area contributed by atoms with Crippen LogP contribution in [0.2, 0.25) is 0 Å². The number of aromatic nitrogens is 2. The van der Waals surface area contributed by atoms with Gasteiger partial charge in [0.15, 0.2) is 6.61 Å². The summed E-state index contributed by atoms with van der Waals surface area (Å²) < 4.78 is 1.72. The van der Waals surface area contributed by atoms with Crippen molar-refractivity contribution in [3.05, 3.63) is 30.6 Å². The normalized spacial score (nSPS) is 12.3. The van der Waals surface area contributed by atoms with E-state index in [9.17, 15) is 9.59 Å². The highest BCUT2D eigenvalue weighted by atomic mass is 16.7. The van der Waals surface area contributed by atoms with Gasteiger partial charge in [0.1, 0.15) is 6.04 Å². The Hall–Kier alpha value is -2.41. The monoisotopic (exact) mass is 262 g/mol. The molecule has 0 fully saturated rings. The van der Waals surface area contributed by atoms with Crippen molar-refractivity contribution in [3.63, 3.8) is 0 Å². The first kappa shape index (κ1) is 13.0. The highest BCUT2D eigenvalue weighted by molar-refractivity contribution is 5.83.